The van der Waals surface area contributed by atoms with E-state index < -0.39 is 16.1 Å². The van der Waals surface area contributed by atoms with Gasteiger partial charge in [-0.15, -0.1) is 0 Å². The highest BCUT2D eigenvalue weighted by atomic mass is 35.5. The average Bonchev–Trinajstić information content (AvgIpc) is 2.60. The highest BCUT2D eigenvalue weighted by Crippen LogP contribution is 2.30. The molecule has 0 saturated carbocycles. The second-order valence-corrected chi connectivity index (χ2v) is 8.28. The van der Waals surface area contributed by atoms with Crippen LogP contribution in [0.25, 0.3) is 0 Å². The van der Waals surface area contributed by atoms with Gasteiger partial charge in [0, 0.05) is 23.8 Å². The largest absolute Gasteiger partial charge is 0.309 e. The lowest BCUT2D eigenvalue weighted by atomic mass is 10.1. The monoisotopic (exact) mass is 378 g/mol. The summed E-state index contributed by atoms with van der Waals surface area (Å²) in [6.07, 6.45) is 0. The Kier molecular flexibility index (Phi) is 4.86. The summed E-state index contributed by atoms with van der Waals surface area (Å²) in [7, 11) is -3.71. The number of hydrogen-bond acceptors (Lipinski definition) is 3. The Morgan fingerprint density at radius 2 is 1.72 bits per heavy atom. The molecular formula is C18H19ClN2O3S. The van der Waals surface area contributed by atoms with Crippen LogP contribution in [0.2, 0.25) is 5.02 Å². The standard InChI is InChI=1S/C18H19ClN2O3S/c1-13-16(19)9-6-10-17(13)20-11-12-21(14(2)18(20)22)25(23,24)15-7-4-3-5-8-15/h3-10,14H,11-12H2,1-2H3. The van der Waals surface area contributed by atoms with Crippen LogP contribution in [-0.4, -0.2) is 37.8 Å². The van der Waals surface area contributed by atoms with E-state index in [0.717, 1.165) is 11.3 Å². The van der Waals surface area contributed by atoms with E-state index in [4.69, 9.17) is 11.6 Å². The molecule has 0 bridgehead atoms. The van der Waals surface area contributed by atoms with E-state index >= 15 is 0 Å². The molecule has 0 spiro atoms. The third-order valence-corrected chi connectivity index (χ3v) is 6.87. The third kappa shape index (κ3) is 3.17. The summed E-state index contributed by atoms with van der Waals surface area (Å²) in [5.74, 6) is -0.254. The topological polar surface area (TPSA) is 57.7 Å². The lowest BCUT2D eigenvalue weighted by molar-refractivity contribution is -0.123. The maximum atomic E-state index is 12.9. The van der Waals surface area contributed by atoms with E-state index in [-0.39, 0.29) is 23.9 Å². The normalized spacial score (nSPS) is 19.2. The SMILES string of the molecule is Cc1c(Cl)cccc1N1CCN(S(=O)(=O)c2ccccc2)C(C)C1=O. The first-order valence-electron chi connectivity index (χ1n) is 7.97. The molecule has 1 unspecified atom stereocenters. The summed E-state index contributed by atoms with van der Waals surface area (Å²) in [5, 5.41) is 0.581. The molecule has 0 N–H and O–H groups in total. The molecule has 1 aliphatic heterocycles. The van der Waals surface area contributed by atoms with Crippen molar-refractivity contribution in [2.24, 2.45) is 0 Å². The summed E-state index contributed by atoms with van der Waals surface area (Å²) in [6.45, 7) is 3.99. The molecule has 1 atom stereocenters. The molecule has 5 nitrogen and oxygen atoms in total. The zero-order valence-electron chi connectivity index (χ0n) is 14.0. The van der Waals surface area contributed by atoms with Gasteiger partial charge in [-0.2, -0.15) is 4.31 Å². The van der Waals surface area contributed by atoms with Crippen LogP contribution in [0.3, 0.4) is 0 Å². The van der Waals surface area contributed by atoms with Crippen LogP contribution < -0.4 is 4.90 Å². The fourth-order valence-corrected chi connectivity index (χ4v) is 4.80. The van der Waals surface area contributed by atoms with Crippen LogP contribution in [0.15, 0.2) is 53.4 Å². The van der Waals surface area contributed by atoms with Crippen LogP contribution in [0.5, 0.6) is 0 Å². The molecule has 132 valence electrons. The number of halogens is 1. The molecule has 1 aliphatic rings. The van der Waals surface area contributed by atoms with Crippen molar-refractivity contribution in [1.82, 2.24) is 4.31 Å². The Balaban J connectivity index is 1.91. The minimum atomic E-state index is -3.71. The maximum absolute atomic E-state index is 12.9. The van der Waals surface area contributed by atoms with Crippen molar-refractivity contribution in [3.63, 3.8) is 0 Å². The number of benzene rings is 2. The number of piperazine rings is 1. The second kappa shape index (κ2) is 6.78. The summed E-state index contributed by atoms with van der Waals surface area (Å²) in [6, 6.07) is 12.8. The van der Waals surface area contributed by atoms with Crippen LogP contribution in [-0.2, 0) is 14.8 Å². The Bertz CT molecular complexity index is 900. The maximum Gasteiger partial charge on any atom is 0.245 e. The van der Waals surface area contributed by atoms with Gasteiger partial charge in [-0.3, -0.25) is 4.79 Å². The summed E-state index contributed by atoms with van der Waals surface area (Å²) in [5.41, 5.74) is 1.53. The molecule has 0 aromatic heterocycles. The first-order valence-corrected chi connectivity index (χ1v) is 9.79. The highest BCUT2D eigenvalue weighted by Gasteiger charge is 2.39. The Hall–Kier alpha value is -1.89. The first-order chi connectivity index (χ1) is 11.8. The van der Waals surface area contributed by atoms with Gasteiger partial charge in [0.15, 0.2) is 0 Å². The number of rotatable bonds is 3. The minimum absolute atomic E-state index is 0.196. The number of carbonyl (C=O) groups excluding carboxylic acids is 1. The van der Waals surface area contributed by atoms with E-state index in [2.05, 4.69) is 0 Å². The zero-order chi connectivity index (χ0) is 18.2. The van der Waals surface area contributed by atoms with Gasteiger partial charge >= 0.3 is 0 Å². The molecular weight excluding hydrogens is 360 g/mol. The average molecular weight is 379 g/mol. The van der Waals surface area contributed by atoms with Crippen molar-refractivity contribution in [1.29, 1.82) is 0 Å². The Labute approximate surface area is 152 Å². The molecule has 0 radical (unpaired) electrons. The summed E-state index contributed by atoms with van der Waals surface area (Å²) >= 11 is 6.15. The van der Waals surface area contributed by atoms with Gasteiger partial charge in [0.1, 0.15) is 6.04 Å². The fraction of sp³-hybridized carbons (Fsp3) is 0.278. The molecule has 2 aromatic rings. The molecule has 0 aliphatic carbocycles. The van der Waals surface area contributed by atoms with E-state index in [1.54, 1.807) is 54.3 Å². The third-order valence-electron chi connectivity index (χ3n) is 4.48. The van der Waals surface area contributed by atoms with Crippen LogP contribution >= 0.6 is 11.6 Å². The van der Waals surface area contributed by atoms with Crippen molar-refractivity contribution in [3.05, 3.63) is 59.1 Å². The molecule has 1 saturated heterocycles. The van der Waals surface area contributed by atoms with E-state index in [1.807, 2.05) is 13.0 Å². The van der Waals surface area contributed by atoms with Crippen molar-refractivity contribution in [3.8, 4) is 0 Å². The van der Waals surface area contributed by atoms with Gasteiger partial charge in [-0.1, -0.05) is 35.9 Å². The van der Waals surface area contributed by atoms with Gasteiger partial charge in [0.25, 0.3) is 0 Å². The van der Waals surface area contributed by atoms with Crippen molar-refractivity contribution >= 4 is 33.2 Å². The number of nitrogens with zero attached hydrogens (tertiary/aromatic N) is 2. The number of sulfonamides is 1. The molecule has 3 rings (SSSR count). The molecule has 1 fully saturated rings. The van der Waals surface area contributed by atoms with E-state index in [9.17, 15) is 13.2 Å². The quantitative estimate of drug-likeness (QED) is 0.824. The van der Waals surface area contributed by atoms with Crippen molar-refractivity contribution in [2.75, 3.05) is 18.0 Å². The predicted octanol–water partition coefficient (Wildman–Crippen LogP) is 3.07. The van der Waals surface area contributed by atoms with Gasteiger partial charge in [0.2, 0.25) is 15.9 Å². The Morgan fingerprint density at radius 3 is 2.40 bits per heavy atom. The fourth-order valence-electron chi connectivity index (χ4n) is 3.03. The smallest absolute Gasteiger partial charge is 0.245 e. The summed E-state index contributed by atoms with van der Waals surface area (Å²) in [4.78, 5) is 14.7. The molecule has 1 heterocycles. The van der Waals surface area contributed by atoms with Crippen molar-refractivity contribution in [2.45, 2.75) is 24.8 Å². The van der Waals surface area contributed by atoms with Crippen LogP contribution in [0.1, 0.15) is 12.5 Å². The summed E-state index contributed by atoms with van der Waals surface area (Å²) < 4.78 is 26.9. The van der Waals surface area contributed by atoms with Crippen LogP contribution in [0, 0.1) is 6.92 Å². The van der Waals surface area contributed by atoms with Gasteiger partial charge < -0.3 is 4.90 Å². The second-order valence-electron chi connectivity index (χ2n) is 5.98. The van der Waals surface area contributed by atoms with Crippen molar-refractivity contribution < 1.29 is 13.2 Å². The van der Waals surface area contributed by atoms with Gasteiger partial charge in [0.05, 0.1) is 4.90 Å². The molecule has 7 heteroatoms. The number of hydrogen-bond donors (Lipinski definition) is 0. The highest BCUT2D eigenvalue weighted by molar-refractivity contribution is 7.89. The van der Waals surface area contributed by atoms with Gasteiger partial charge in [-0.25, -0.2) is 8.42 Å². The number of anilines is 1. The Morgan fingerprint density at radius 1 is 1.04 bits per heavy atom. The zero-order valence-corrected chi connectivity index (χ0v) is 15.6. The predicted molar refractivity (Wildman–Crippen MR) is 98.3 cm³/mol. The first kappa shape index (κ1) is 17.9. The number of amides is 1. The molecule has 1 amide bonds. The molecule has 25 heavy (non-hydrogen) atoms. The van der Waals surface area contributed by atoms with E-state index in [0.29, 0.717) is 5.02 Å². The van der Waals surface area contributed by atoms with Crippen LogP contribution in [0.4, 0.5) is 5.69 Å². The van der Waals surface area contributed by atoms with Gasteiger partial charge in [-0.05, 0) is 43.7 Å². The lowest BCUT2D eigenvalue weighted by Gasteiger charge is -2.38. The lowest BCUT2D eigenvalue weighted by Crippen LogP contribution is -2.57. The number of carbonyl (C=O) groups is 1. The van der Waals surface area contributed by atoms with E-state index in [1.165, 1.54) is 4.31 Å². The molecule has 2 aromatic carbocycles. The minimum Gasteiger partial charge on any atom is -0.309 e.